The molecule has 0 bridgehead atoms. The molecule has 1 saturated carbocycles. The van der Waals surface area contributed by atoms with Crippen LogP contribution in [-0.4, -0.2) is 44.4 Å². The van der Waals surface area contributed by atoms with E-state index in [0.717, 1.165) is 18.4 Å². The van der Waals surface area contributed by atoms with Gasteiger partial charge in [0.05, 0.1) is 17.7 Å². The predicted octanol–water partition coefficient (Wildman–Crippen LogP) is 3.72. The minimum Gasteiger partial charge on any atom is -0.497 e. The van der Waals surface area contributed by atoms with Crippen LogP contribution in [0.25, 0.3) is 0 Å². The lowest BCUT2D eigenvalue weighted by molar-refractivity contribution is 0.0729. The Morgan fingerprint density at radius 3 is 2.47 bits per heavy atom. The van der Waals surface area contributed by atoms with E-state index in [4.69, 9.17) is 4.74 Å². The molecular weight excluding hydrogens is 426 g/mol. The Kier molecular flexibility index (Phi) is 6.14. The Bertz CT molecular complexity index is 1190. The van der Waals surface area contributed by atoms with E-state index in [0.29, 0.717) is 23.5 Å². The van der Waals surface area contributed by atoms with Crippen molar-refractivity contribution in [3.05, 3.63) is 84.2 Å². The molecule has 0 N–H and O–H groups in total. The van der Waals surface area contributed by atoms with Crippen molar-refractivity contribution in [3.8, 4) is 5.75 Å². The van der Waals surface area contributed by atoms with Crippen molar-refractivity contribution in [1.29, 1.82) is 0 Å². The third-order valence-electron chi connectivity index (χ3n) is 5.50. The van der Waals surface area contributed by atoms with Crippen molar-refractivity contribution in [2.75, 3.05) is 18.5 Å². The molecule has 1 amide bonds. The maximum Gasteiger partial charge on any atom is 0.264 e. The first-order valence-corrected chi connectivity index (χ1v) is 11.8. The lowest BCUT2D eigenvalue weighted by Crippen LogP contribution is -2.33. The van der Waals surface area contributed by atoms with Gasteiger partial charge in [-0.1, -0.05) is 12.1 Å². The van der Waals surface area contributed by atoms with Gasteiger partial charge in [-0.25, -0.2) is 8.42 Å². The molecule has 0 radical (unpaired) electrons. The number of sulfonamides is 1. The molecule has 32 heavy (non-hydrogen) atoms. The first kappa shape index (κ1) is 21.8. The third-order valence-corrected chi connectivity index (χ3v) is 7.28. The maximum absolute atomic E-state index is 13.3. The van der Waals surface area contributed by atoms with Crippen LogP contribution in [0.2, 0.25) is 0 Å². The summed E-state index contributed by atoms with van der Waals surface area (Å²) in [5.74, 6) is 0.460. The molecule has 0 aliphatic heterocycles. The Hall–Kier alpha value is -3.39. The smallest absolute Gasteiger partial charge is 0.264 e. The molecule has 0 saturated heterocycles. The van der Waals surface area contributed by atoms with Crippen LogP contribution in [-0.2, 0) is 16.6 Å². The highest BCUT2D eigenvalue weighted by atomic mass is 32.2. The summed E-state index contributed by atoms with van der Waals surface area (Å²) in [7, 11) is -0.802. The van der Waals surface area contributed by atoms with E-state index in [1.54, 1.807) is 60.8 Å². The number of hydrogen-bond acceptors (Lipinski definition) is 5. The lowest BCUT2D eigenvalue weighted by atomic mass is 10.1. The van der Waals surface area contributed by atoms with Gasteiger partial charge in [0, 0.05) is 37.6 Å². The van der Waals surface area contributed by atoms with Crippen LogP contribution < -0.4 is 9.04 Å². The summed E-state index contributed by atoms with van der Waals surface area (Å²) in [5, 5.41) is 0. The van der Waals surface area contributed by atoms with Gasteiger partial charge in [0.2, 0.25) is 0 Å². The van der Waals surface area contributed by atoms with E-state index in [9.17, 15) is 13.2 Å². The Morgan fingerprint density at radius 1 is 1.09 bits per heavy atom. The second kappa shape index (κ2) is 9.00. The number of methoxy groups -OCH3 is 1. The predicted molar refractivity (Wildman–Crippen MR) is 122 cm³/mol. The van der Waals surface area contributed by atoms with Crippen molar-refractivity contribution >= 4 is 21.6 Å². The van der Waals surface area contributed by atoms with Crippen molar-refractivity contribution in [2.45, 2.75) is 30.3 Å². The van der Waals surface area contributed by atoms with E-state index in [1.165, 1.54) is 23.5 Å². The van der Waals surface area contributed by atoms with Crippen LogP contribution in [0.15, 0.2) is 78.0 Å². The zero-order valence-corrected chi connectivity index (χ0v) is 18.8. The molecule has 1 heterocycles. The van der Waals surface area contributed by atoms with Gasteiger partial charge in [0.1, 0.15) is 5.75 Å². The van der Waals surface area contributed by atoms with Gasteiger partial charge in [-0.2, -0.15) is 0 Å². The zero-order chi connectivity index (χ0) is 22.7. The van der Waals surface area contributed by atoms with Gasteiger partial charge < -0.3 is 9.64 Å². The largest absolute Gasteiger partial charge is 0.497 e. The van der Waals surface area contributed by atoms with E-state index >= 15 is 0 Å². The fourth-order valence-electron chi connectivity index (χ4n) is 3.49. The lowest BCUT2D eigenvalue weighted by Gasteiger charge is -2.23. The molecule has 3 aromatic rings. The molecule has 1 aromatic heterocycles. The summed E-state index contributed by atoms with van der Waals surface area (Å²) in [5.41, 5.74) is 1.79. The number of carbonyl (C=O) groups is 1. The summed E-state index contributed by atoms with van der Waals surface area (Å²) >= 11 is 0. The number of rotatable bonds is 8. The first-order chi connectivity index (χ1) is 15.4. The average Bonchev–Trinajstić information content (AvgIpc) is 3.68. The summed E-state index contributed by atoms with van der Waals surface area (Å²) in [6.45, 7) is 0.445. The molecule has 0 unspecified atom stereocenters. The van der Waals surface area contributed by atoms with Gasteiger partial charge in [0.25, 0.3) is 15.9 Å². The van der Waals surface area contributed by atoms with Crippen molar-refractivity contribution in [2.24, 2.45) is 0 Å². The number of ether oxygens (including phenoxy) is 1. The monoisotopic (exact) mass is 451 g/mol. The number of amides is 1. The Morgan fingerprint density at radius 2 is 1.84 bits per heavy atom. The molecule has 4 rings (SSSR count). The minimum atomic E-state index is -3.85. The van der Waals surface area contributed by atoms with E-state index in [-0.39, 0.29) is 16.8 Å². The summed E-state index contributed by atoms with van der Waals surface area (Å²) < 4.78 is 32.8. The summed E-state index contributed by atoms with van der Waals surface area (Å²) in [6.07, 6.45) is 5.34. The second-order valence-electron chi connectivity index (χ2n) is 7.72. The molecular formula is C24H25N3O4S. The molecule has 0 spiro atoms. The van der Waals surface area contributed by atoms with Crippen LogP contribution in [0.3, 0.4) is 0 Å². The van der Waals surface area contributed by atoms with Crippen LogP contribution in [0.5, 0.6) is 5.75 Å². The van der Waals surface area contributed by atoms with Crippen LogP contribution in [0, 0.1) is 0 Å². The number of nitrogens with zero attached hydrogens (tertiary/aromatic N) is 3. The zero-order valence-electron chi connectivity index (χ0n) is 18.0. The molecule has 166 valence electrons. The quantitative estimate of drug-likeness (QED) is 0.522. The van der Waals surface area contributed by atoms with Gasteiger partial charge >= 0.3 is 0 Å². The number of hydrogen-bond donors (Lipinski definition) is 0. The van der Waals surface area contributed by atoms with Gasteiger partial charge in [0.15, 0.2) is 0 Å². The number of anilines is 1. The number of pyridine rings is 1. The van der Waals surface area contributed by atoms with E-state index < -0.39 is 10.0 Å². The number of aromatic nitrogens is 1. The summed E-state index contributed by atoms with van der Waals surface area (Å²) in [4.78, 5) is 19.3. The van der Waals surface area contributed by atoms with Crippen molar-refractivity contribution < 1.29 is 17.9 Å². The highest BCUT2D eigenvalue weighted by Gasteiger charge is 2.33. The third kappa shape index (κ3) is 4.60. The van der Waals surface area contributed by atoms with Gasteiger partial charge in [-0.3, -0.25) is 14.1 Å². The van der Waals surface area contributed by atoms with Crippen molar-refractivity contribution in [1.82, 2.24) is 9.88 Å². The highest BCUT2D eigenvalue weighted by Crippen LogP contribution is 2.31. The van der Waals surface area contributed by atoms with E-state index in [1.807, 2.05) is 12.1 Å². The average molecular weight is 452 g/mol. The summed E-state index contributed by atoms with van der Waals surface area (Å²) in [6, 6.07) is 16.9. The Labute approximate surface area is 188 Å². The molecule has 7 nitrogen and oxygen atoms in total. The molecule has 2 aromatic carbocycles. The van der Waals surface area contributed by atoms with E-state index in [2.05, 4.69) is 4.98 Å². The molecule has 1 aliphatic rings. The van der Waals surface area contributed by atoms with Gasteiger partial charge in [-0.15, -0.1) is 0 Å². The molecule has 8 heteroatoms. The topological polar surface area (TPSA) is 79.8 Å². The highest BCUT2D eigenvalue weighted by molar-refractivity contribution is 7.92. The van der Waals surface area contributed by atoms with Gasteiger partial charge in [-0.05, 0) is 66.9 Å². The standard InChI is InChI=1S/C24H25N3O4S/c1-26(20-10-12-22(31-2)13-11-20)32(29,30)23-7-3-6-19(15-23)24(28)27(21-8-9-21)17-18-5-4-14-25-16-18/h3-7,10-16,21H,8-9,17H2,1-2H3. The molecule has 1 aliphatic carbocycles. The molecule has 1 fully saturated rings. The fraction of sp³-hybridized carbons (Fsp3) is 0.250. The first-order valence-electron chi connectivity index (χ1n) is 10.3. The normalized spacial score (nSPS) is 13.4. The maximum atomic E-state index is 13.3. The number of carbonyl (C=O) groups excluding carboxylic acids is 1. The fourth-order valence-corrected chi connectivity index (χ4v) is 4.73. The van der Waals surface area contributed by atoms with Crippen LogP contribution >= 0.6 is 0 Å². The number of benzene rings is 2. The van der Waals surface area contributed by atoms with Crippen LogP contribution in [0.1, 0.15) is 28.8 Å². The minimum absolute atomic E-state index is 0.0683. The second-order valence-corrected chi connectivity index (χ2v) is 9.69. The SMILES string of the molecule is COc1ccc(N(C)S(=O)(=O)c2cccc(C(=O)N(Cc3cccnc3)C3CC3)c2)cc1. The Balaban J connectivity index is 1.59. The van der Waals surface area contributed by atoms with Crippen molar-refractivity contribution in [3.63, 3.8) is 0 Å². The van der Waals surface area contributed by atoms with Crippen LogP contribution in [0.4, 0.5) is 5.69 Å². The molecule has 0 atom stereocenters.